The molecule has 0 bridgehead atoms. The number of non-ortho nitro benzene ring substituents is 1. The molecule has 130 valence electrons. The quantitative estimate of drug-likeness (QED) is 0.300. The molecule has 0 amide bonds. The second kappa shape index (κ2) is 7.47. The van der Waals surface area contributed by atoms with Crippen molar-refractivity contribution in [1.82, 2.24) is 9.38 Å². The van der Waals surface area contributed by atoms with E-state index in [2.05, 4.69) is 15.2 Å². The van der Waals surface area contributed by atoms with Gasteiger partial charge in [-0.25, -0.2) is 4.98 Å². The first-order valence-electron chi connectivity index (χ1n) is 6.50. The fourth-order valence-corrected chi connectivity index (χ4v) is 3.09. The van der Waals surface area contributed by atoms with Crippen molar-refractivity contribution in [1.29, 1.82) is 0 Å². The number of rotatable bonds is 4. The summed E-state index contributed by atoms with van der Waals surface area (Å²) in [7, 11) is 0. The van der Waals surface area contributed by atoms with Gasteiger partial charge in [-0.3, -0.25) is 14.5 Å². The fourth-order valence-electron chi connectivity index (χ4n) is 2.06. The Bertz CT molecular complexity index is 974. The third-order valence-electron chi connectivity index (χ3n) is 3.04. The molecular weight excluding hydrogens is 389 g/mol. The molecule has 0 aliphatic carbocycles. The third kappa shape index (κ3) is 3.87. The highest BCUT2D eigenvalue weighted by atomic mass is 35.5. The van der Waals surface area contributed by atoms with Gasteiger partial charge in [-0.2, -0.15) is 5.10 Å². The van der Waals surface area contributed by atoms with Crippen molar-refractivity contribution < 1.29 is 4.92 Å². The lowest BCUT2D eigenvalue weighted by Gasteiger charge is -1.99. The maximum atomic E-state index is 10.8. The zero-order valence-electron chi connectivity index (χ0n) is 12.4. The predicted molar refractivity (Wildman–Crippen MR) is 101 cm³/mol. The van der Waals surface area contributed by atoms with Crippen LogP contribution in [0.15, 0.2) is 40.7 Å². The minimum Gasteiger partial charge on any atom is -0.369 e. The molecule has 12 heteroatoms. The Labute approximate surface area is 156 Å². The number of halogens is 2. The van der Waals surface area contributed by atoms with Crippen molar-refractivity contribution in [3.63, 3.8) is 0 Å². The van der Waals surface area contributed by atoms with Crippen molar-refractivity contribution in [3.05, 3.63) is 50.6 Å². The standard InChI is InChI=1S/C13H10ClN7O2S.ClH/c14-10-6-20-9(5-17-19-12(15)16)11(18-13(20)24-10)7-1-3-8(4-2-7)21(22)23;/h1-6H,(H4,15,16,19);1H/b17-5+;. The summed E-state index contributed by atoms with van der Waals surface area (Å²) >= 11 is 7.30. The zero-order chi connectivity index (χ0) is 17.3. The summed E-state index contributed by atoms with van der Waals surface area (Å²) in [4.78, 5) is 15.5. The van der Waals surface area contributed by atoms with Gasteiger partial charge >= 0.3 is 0 Å². The largest absolute Gasteiger partial charge is 0.369 e. The topological polar surface area (TPSA) is 137 Å². The lowest BCUT2D eigenvalue weighted by Crippen LogP contribution is -2.21. The van der Waals surface area contributed by atoms with Crippen LogP contribution in [-0.2, 0) is 0 Å². The van der Waals surface area contributed by atoms with Crippen LogP contribution >= 0.6 is 35.3 Å². The smallest absolute Gasteiger partial charge is 0.269 e. The first-order chi connectivity index (χ1) is 11.5. The molecule has 25 heavy (non-hydrogen) atoms. The Hall–Kier alpha value is -2.69. The lowest BCUT2D eigenvalue weighted by molar-refractivity contribution is -0.384. The van der Waals surface area contributed by atoms with E-state index >= 15 is 0 Å². The molecule has 0 aliphatic heterocycles. The van der Waals surface area contributed by atoms with Crippen LogP contribution in [0.3, 0.4) is 0 Å². The first kappa shape index (κ1) is 18.6. The van der Waals surface area contributed by atoms with Crippen LogP contribution in [0.4, 0.5) is 5.69 Å². The van der Waals surface area contributed by atoms with Gasteiger partial charge in [-0.15, -0.1) is 17.5 Å². The van der Waals surface area contributed by atoms with E-state index < -0.39 is 4.92 Å². The molecule has 0 radical (unpaired) electrons. The molecule has 2 heterocycles. The molecule has 0 unspecified atom stereocenters. The molecular formula is C13H11Cl2N7O2S. The van der Waals surface area contributed by atoms with E-state index in [0.717, 1.165) is 0 Å². The summed E-state index contributed by atoms with van der Waals surface area (Å²) in [5, 5.41) is 18.1. The van der Waals surface area contributed by atoms with Crippen molar-refractivity contribution in [2.75, 3.05) is 0 Å². The number of fused-ring (bicyclic) bond motifs is 1. The normalized spacial score (nSPS) is 10.8. The summed E-state index contributed by atoms with van der Waals surface area (Å²) in [6, 6.07) is 6.05. The SMILES string of the molecule is Cl.NC(N)=N/N=C/c1c(-c2ccc([N+](=O)[O-])cc2)nc2sc(Cl)cn12. The summed E-state index contributed by atoms with van der Waals surface area (Å²) in [5.74, 6) is -0.174. The Morgan fingerprint density at radius 3 is 2.64 bits per heavy atom. The highest BCUT2D eigenvalue weighted by Crippen LogP contribution is 2.30. The zero-order valence-corrected chi connectivity index (χ0v) is 14.8. The molecule has 3 aromatic rings. The van der Waals surface area contributed by atoms with Gasteiger partial charge in [-0.05, 0) is 12.1 Å². The average molecular weight is 400 g/mol. The van der Waals surface area contributed by atoms with Gasteiger partial charge in [0.15, 0.2) is 4.96 Å². The maximum Gasteiger partial charge on any atom is 0.269 e. The summed E-state index contributed by atoms with van der Waals surface area (Å²) in [6.07, 6.45) is 3.14. The molecule has 0 saturated carbocycles. The number of nitrogens with zero attached hydrogens (tertiary/aromatic N) is 5. The molecule has 0 spiro atoms. The predicted octanol–water partition coefficient (Wildman–Crippen LogP) is 2.65. The second-order valence-corrected chi connectivity index (χ2v) is 6.25. The molecule has 4 N–H and O–H groups in total. The molecule has 3 rings (SSSR count). The number of nitrogens with two attached hydrogens (primary N) is 2. The van der Waals surface area contributed by atoms with Crippen molar-refractivity contribution >= 4 is 58.2 Å². The van der Waals surface area contributed by atoms with Crippen molar-refractivity contribution in [3.8, 4) is 11.3 Å². The van der Waals surface area contributed by atoms with E-state index in [1.807, 2.05) is 0 Å². The van der Waals surface area contributed by atoms with Gasteiger partial charge in [0.1, 0.15) is 4.34 Å². The van der Waals surface area contributed by atoms with Crippen LogP contribution in [-0.4, -0.2) is 26.5 Å². The maximum absolute atomic E-state index is 10.8. The summed E-state index contributed by atoms with van der Waals surface area (Å²) < 4.78 is 2.30. The number of hydrogen-bond acceptors (Lipinski definition) is 6. The highest BCUT2D eigenvalue weighted by Gasteiger charge is 2.16. The monoisotopic (exact) mass is 399 g/mol. The fraction of sp³-hybridized carbons (Fsp3) is 0. The van der Waals surface area contributed by atoms with Crippen LogP contribution in [0.25, 0.3) is 16.2 Å². The molecule has 0 atom stereocenters. The second-order valence-electron chi connectivity index (χ2n) is 4.61. The van der Waals surface area contributed by atoms with Gasteiger partial charge in [0.25, 0.3) is 5.69 Å². The van der Waals surface area contributed by atoms with Gasteiger partial charge in [0.05, 0.1) is 22.5 Å². The van der Waals surface area contributed by atoms with Crippen LogP contribution < -0.4 is 11.5 Å². The summed E-state index contributed by atoms with van der Waals surface area (Å²) in [6.45, 7) is 0. The lowest BCUT2D eigenvalue weighted by atomic mass is 10.1. The van der Waals surface area contributed by atoms with Crippen molar-refractivity contribution in [2.45, 2.75) is 0 Å². The number of benzene rings is 1. The van der Waals surface area contributed by atoms with Crippen LogP contribution in [0.1, 0.15) is 5.69 Å². The molecule has 0 fully saturated rings. The van der Waals surface area contributed by atoms with Gasteiger partial charge in [0.2, 0.25) is 5.96 Å². The number of aromatic nitrogens is 2. The van der Waals surface area contributed by atoms with E-state index in [9.17, 15) is 10.1 Å². The number of nitro groups is 1. The molecule has 9 nitrogen and oxygen atoms in total. The number of nitro benzene ring substituents is 1. The highest BCUT2D eigenvalue weighted by molar-refractivity contribution is 7.20. The average Bonchev–Trinajstić information content (AvgIpc) is 3.04. The number of guanidine groups is 1. The molecule has 2 aromatic heterocycles. The Morgan fingerprint density at radius 1 is 1.36 bits per heavy atom. The minimum absolute atomic E-state index is 0. The van der Waals surface area contributed by atoms with Crippen LogP contribution in [0.5, 0.6) is 0 Å². The van der Waals surface area contributed by atoms with Crippen molar-refractivity contribution in [2.24, 2.45) is 21.7 Å². The van der Waals surface area contributed by atoms with E-state index in [1.54, 1.807) is 22.7 Å². The van der Waals surface area contributed by atoms with E-state index in [1.165, 1.54) is 29.7 Å². The third-order valence-corrected chi connectivity index (χ3v) is 4.14. The molecule has 0 saturated heterocycles. The Balaban J connectivity index is 0.00000225. The van der Waals surface area contributed by atoms with E-state index in [0.29, 0.717) is 26.2 Å². The van der Waals surface area contributed by atoms with Gasteiger partial charge < -0.3 is 11.5 Å². The molecule has 1 aromatic carbocycles. The Morgan fingerprint density at radius 2 is 2.04 bits per heavy atom. The van der Waals surface area contributed by atoms with E-state index in [4.69, 9.17) is 23.1 Å². The van der Waals surface area contributed by atoms with Gasteiger partial charge in [0, 0.05) is 23.9 Å². The number of imidazole rings is 1. The van der Waals surface area contributed by atoms with Crippen LogP contribution in [0, 0.1) is 10.1 Å². The first-order valence-corrected chi connectivity index (χ1v) is 7.69. The van der Waals surface area contributed by atoms with E-state index in [-0.39, 0.29) is 24.1 Å². The Kier molecular flexibility index (Phi) is 5.57. The van der Waals surface area contributed by atoms with Gasteiger partial charge in [-0.1, -0.05) is 22.9 Å². The minimum atomic E-state index is -0.462. The molecule has 0 aliphatic rings. The van der Waals surface area contributed by atoms with Crippen LogP contribution in [0.2, 0.25) is 4.34 Å². The number of thiazole rings is 1. The summed E-state index contributed by atoms with van der Waals surface area (Å²) in [5.41, 5.74) is 12.4. The number of hydrogen-bond donors (Lipinski definition) is 2.